The maximum atomic E-state index is 12.6. The van der Waals surface area contributed by atoms with Gasteiger partial charge in [0.1, 0.15) is 10.1 Å². The van der Waals surface area contributed by atoms with E-state index in [0.29, 0.717) is 28.1 Å². The van der Waals surface area contributed by atoms with Crippen LogP contribution in [-0.4, -0.2) is 39.0 Å². The van der Waals surface area contributed by atoms with Gasteiger partial charge in [0.25, 0.3) is 5.91 Å². The van der Waals surface area contributed by atoms with Gasteiger partial charge in [-0.2, -0.15) is 0 Å². The fourth-order valence-corrected chi connectivity index (χ4v) is 4.03. The van der Waals surface area contributed by atoms with Crippen LogP contribution >= 0.6 is 24.0 Å². The maximum Gasteiger partial charge on any atom is 0.266 e. The summed E-state index contributed by atoms with van der Waals surface area (Å²) in [5.74, 6) is 0.428. The molecule has 0 unspecified atom stereocenters. The second-order valence-electron chi connectivity index (χ2n) is 5.99. The van der Waals surface area contributed by atoms with Crippen molar-refractivity contribution in [1.29, 1.82) is 0 Å². The molecule has 1 aromatic heterocycles. The number of carbonyl (C=O) groups excluding carboxylic acids is 2. The van der Waals surface area contributed by atoms with Crippen LogP contribution < -0.4 is 0 Å². The van der Waals surface area contributed by atoms with Gasteiger partial charge in [-0.1, -0.05) is 54.3 Å². The predicted molar refractivity (Wildman–Crippen MR) is 111 cm³/mol. The smallest absolute Gasteiger partial charge is 0.266 e. The fraction of sp³-hybridized carbons (Fsp3) is 0.250. The highest BCUT2D eigenvalue weighted by atomic mass is 32.2. The summed E-state index contributed by atoms with van der Waals surface area (Å²) < 4.78 is 5.72. The third-order valence-electron chi connectivity index (χ3n) is 4.19. The zero-order valence-electron chi connectivity index (χ0n) is 15.0. The van der Waals surface area contributed by atoms with Crippen molar-refractivity contribution in [2.24, 2.45) is 0 Å². The minimum absolute atomic E-state index is 0.00502. The number of amides is 2. The van der Waals surface area contributed by atoms with Crippen LogP contribution in [0, 0.1) is 0 Å². The monoisotopic (exact) mass is 400 g/mol. The maximum absolute atomic E-state index is 12.6. The first kappa shape index (κ1) is 19.4. The van der Waals surface area contributed by atoms with Crippen molar-refractivity contribution in [3.05, 3.63) is 65.0 Å². The van der Waals surface area contributed by atoms with E-state index in [4.69, 9.17) is 16.6 Å². The van der Waals surface area contributed by atoms with E-state index in [1.807, 2.05) is 37.3 Å². The molecule has 1 fully saturated rings. The summed E-state index contributed by atoms with van der Waals surface area (Å²) in [6.45, 7) is 3.41. The molecule has 0 N–H and O–H groups in total. The summed E-state index contributed by atoms with van der Waals surface area (Å²) >= 11 is 6.55. The lowest BCUT2D eigenvalue weighted by atomic mass is 10.2. The molecule has 140 valence electrons. The molecule has 7 heteroatoms. The Morgan fingerprint density at radius 2 is 2.04 bits per heavy atom. The molecule has 0 atom stereocenters. The fourth-order valence-electron chi connectivity index (χ4n) is 2.74. The second kappa shape index (κ2) is 9.01. The molecule has 2 amide bonds. The Bertz CT molecular complexity index is 847. The number of benzene rings is 1. The van der Waals surface area contributed by atoms with Crippen molar-refractivity contribution in [1.82, 2.24) is 9.80 Å². The Hall–Kier alpha value is -2.38. The van der Waals surface area contributed by atoms with Crippen molar-refractivity contribution in [3.63, 3.8) is 0 Å². The third-order valence-corrected chi connectivity index (χ3v) is 5.57. The number of hydrogen-bond acceptors (Lipinski definition) is 5. The van der Waals surface area contributed by atoms with E-state index in [9.17, 15) is 9.59 Å². The first-order chi connectivity index (χ1) is 13.1. The standard InChI is InChI=1S/C20H20N2O3S2/c1-2-21(14-15-7-4-3-5-8-15)18(23)10-11-22-19(24)17(27-20(22)26)13-16-9-6-12-25-16/h3-9,12-13H,2,10-11,14H2,1H3. The van der Waals surface area contributed by atoms with Gasteiger partial charge in [0.2, 0.25) is 5.91 Å². The van der Waals surface area contributed by atoms with Gasteiger partial charge >= 0.3 is 0 Å². The van der Waals surface area contributed by atoms with E-state index in [2.05, 4.69) is 0 Å². The number of nitrogens with zero attached hydrogens (tertiary/aromatic N) is 2. The summed E-state index contributed by atoms with van der Waals surface area (Å²) in [5.41, 5.74) is 1.08. The lowest BCUT2D eigenvalue weighted by Crippen LogP contribution is -2.35. The topological polar surface area (TPSA) is 53.8 Å². The molecular formula is C20H20N2O3S2. The van der Waals surface area contributed by atoms with Crippen LogP contribution in [0.2, 0.25) is 0 Å². The molecule has 1 aliphatic heterocycles. The quantitative estimate of drug-likeness (QED) is 0.521. The molecule has 0 spiro atoms. The minimum Gasteiger partial charge on any atom is -0.465 e. The van der Waals surface area contributed by atoms with E-state index in [1.54, 1.807) is 29.4 Å². The van der Waals surface area contributed by atoms with E-state index in [1.165, 1.54) is 16.7 Å². The molecular weight excluding hydrogens is 380 g/mol. The number of furan rings is 1. The lowest BCUT2D eigenvalue weighted by Gasteiger charge is -2.22. The molecule has 1 aliphatic rings. The SMILES string of the molecule is CCN(Cc1ccccc1)C(=O)CCN1C(=O)C(=Cc2ccco2)SC1=S. The van der Waals surface area contributed by atoms with Crippen LogP contribution in [0.4, 0.5) is 0 Å². The van der Waals surface area contributed by atoms with E-state index >= 15 is 0 Å². The molecule has 0 radical (unpaired) electrons. The van der Waals surface area contributed by atoms with Crippen molar-refractivity contribution in [2.45, 2.75) is 19.9 Å². The Morgan fingerprint density at radius 3 is 2.70 bits per heavy atom. The number of hydrogen-bond donors (Lipinski definition) is 0. The minimum atomic E-state index is -0.180. The number of thiocarbonyl (C=S) groups is 1. The lowest BCUT2D eigenvalue weighted by molar-refractivity contribution is -0.132. The third kappa shape index (κ3) is 4.87. The normalized spacial score (nSPS) is 15.6. The van der Waals surface area contributed by atoms with Gasteiger partial charge in [-0.25, -0.2) is 0 Å². The van der Waals surface area contributed by atoms with Gasteiger partial charge in [-0.05, 0) is 24.6 Å². The highest BCUT2D eigenvalue weighted by Crippen LogP contribution is 2.32. The van der Waals surface area contributed by atoms with E-state index < -0.39 is 0 Å². The van der Waals surface area contributed by atoms with Crippen molar-refractivity contribution >= 4 is 46.2 Å². The zero-order valence-corrected chi connectivity index (χ0v) is 16.6. The average molecular weight is 401 g/mol. The average Bonchev–Trinajstić information content (AvgIpc) is 3.27. The van der Waals surface area contributed by atoms with Gasteiger partial charge in [0.05, 0.1) is 11.2 Å². The van der Waals surface area contributed by atoms with Crippen molar-refractivity contribution in [3.8, 4) is 0 Å². The van der Waals surface area contributed by atoms with Crippen LogP contribution in [-0.2, 0) is 16.1 Å². The first-order valence-corrected chi connectivity index (χ1v) is 9.91. The Morgan fingerprint density at radius 1 is 1.26 bits per heavy atom. The number of rotatable bonds is 7. The van der Waals surface area contributed by atoms with Crippen LogP contribution in [0.3, 0.4) is 0 Å². The van der Waals surface area contributed by atoms with Gasteiger partial charge in [0.15, 0.2) is 0 Å². The van der Waals surface area contributed by atoms with Crippen molar-refractivity contribution in [2.75, 3.05) is 13.1 Å². The summed E-state index contributed by atoms with van der Waals surface area (Å²) in [6.07, 6.45) is 3.47. The summed E-state index contributed by atoms with van der Waals surface area (Å²) in [5, 5.41) is 0. The highest BCUT2D eigenvalue weighted by Gasteiger charge is 2.32. The molecule has 0 aliphatic carbocycles. The molecule has 3 rings (SSSR count). The van der Waals surface area contributed by atoms with Crippen LogP contribution in [0.1, 0.15) is 24.7 Å². The summed E-state index contributed by atoms with van der Waals surface area (Å²) in [4.78, 5) is 28.9. The molecule has 2 heterocycles. The van der Waals surface area contributed by atoms with E-state index in [0.717, 1.165) is 5.56 Å². The van der Waals surface area contributed by atoms with Gasteiger partial charge in [0, 0.05) is 32.1 Å². The van der Waals surface area contributed by atoms with Crippen LogP contribution in [0.25, 0.3) is 6.08 Å². The Kier molecular flexibility index (Phi) is 6.47. The molecule has 2 aromatic rings. The number of thioether (sulfide) groups is 1. The molecule has 27 heavy (non-hydrogen) atoms. The van der Waals surface area contributed by atoms with Gasteiger partial charge in [-0.15, -0.1) is 0 Å². The Labute approximate surface area is 168 Å². The molecule has 1 aromatic carbocycles. The molecule has 0 bridgehead atoms. The second-order valence-corrected chi connectivity index (χ2v) is 7.67. The first-order valence-electron chi connectivity index (χ1n) is 8.69. The Balaban J connectivity index is 1.59. The van der Waals surface area contributed by atoms with Crippen LogP contribution in [0.5, 0.6) is 0 Å². The largest absolute Gasteiger partial charge is 0.465 e. The highest BCUT2D eigenvalue weighted by molar-refractivity contribution is 8.26. The van der Waals surface area contributed by atoms with Crippen molar-refractivity contribution < 1.29 is 14.0 Å². The summed E-state index contributed by atoms with van der Waals surface area (Å²) in [7, 11) is 0. The number of carbonyl (C=O) groups is 2. The predicted octanol–water partition coefficient (Wildman–Crippen LogP) is 3.92. The molecule has 0 saturated carbocycles. The van der Waals surface area contributed by atoms with Crippen LogP contribution in [0.15, 0.2) is 58.1 Å². The van der Waals surface area contributed by atoms with E-state index in [-0.39, 0.29) is 24.8 Å². The summed E-state index contributed by atoms with van der Waals surface area (Å²) in [6, 6.07) is 13.4. The molecule has 1 saturated heterocycles. The van der Waals surface area contributed by atoms with Gasteiger partial charge in [-0.3, -0.25) is 14.5 Å². The van der Waals surface area contributed by atoms with Gasteiger partial charge < -0.3 is 9.32 Å². The zero-order chi connectivity index (χ0) is 19.2. The molecule has 5 nitrogen and oxygen atoms in total.